The molecule has 9 nitrogen and oxygen atoms in total. The Hall–Kier alpha value is -4.19. The number of hydrogen-bond acceptors (Lipinski definition) is 7. The molecule has 0 aliphatic rings. The Balaban J connectivity index is 2.06. The number of ether oxygens (including phenoxy) is 2. The van der Waals surface area contributed by atoms with Gasteiger partial charge in [-0.15, -0.1) is 0 Å². The number of nitro groups is 1. The summed E-state index contributed by atoms with van der Waals surface area (Å²) in [5, 5.41) is 22.6. The molecular weight excluding hydrogens is 390 g/mol. The molecule has 0 radical (unpaired) electrons. The van der Waals surface area contributed by atoms with Crippen molar-refractivity contribution < 1.29 is 24.0 Å². The van der Waals surface area contributed by atoms with E-state index in [0.717, 1.165) is 0 Å². The number of para-hydroxylation sites is 2. The second kappa shape index (κ2) is 10.4. The molecule has 0 spiro atoms. The van der Waals surface area contributed by atoms with E-state index < -0.39 is 22.9 Å². The Labute approximate surface area is 172 Å². The molecule has 0 aliphatic carbocycles. The molecule has 2 aromatic rings. The number of benzene rings is 2. The number of nitro benzene ring substituents is 1. The normalized spacial score (nSPS) is 11.7. The zero-order chi connectivity index (χ0) is 22.1. The molecule has 2 aromatic carbocycles. The summed E-state index contributed by atoms with van der Waals surface area (Å²) in [4.78, 5) is 34.9. The maximum absolute atomic E-state index is 12.3. The highest BCUT2D eigenvalue weighted by molar-refractivity contribution is 6.01. The summed E-state index contributed by atoms with van der Waals surface area (Å²) in [7, 11) is 0. The standard InChI is InChI=1S/C21H19N3O6/c1-3-29-17-10-8-15(9-11-17)12-16(13-22)21(26)30-14(2)20(25)23-18-6-4-5-7-19(18)24(27)28/h4-12,14H,3H2,1-2H3,(H,23,25)/b16-12+/t14-/m1/s1. The molecule has 0 fully saturated rings. The van der Waals surface area contributed by atoms with Crippen molar-refractivity contribution in [1.29, 1.82) is 5.26 Å². The van der Waals surface area contributed by atoms with Gasteiger partial charge in [-0.05, 0) is 43.7 Å². The zero-order valence-corrected chi connectivity index (χ0v) is 16.3. The fourth-order valence-corrected chi connectivity index (χ4v) is 2.38. The highest BCUT2D eigenvalue weighted by atomic mass is 16.6. The summed E-state index contributed by atoms with van der Waals surface area (Å²) in [5.41, 5.74) is -0.0493. The van der Waals surface area contributed by atoms with Crippen molar-refractivity contribution in [3.05, 3.63) is 69.8 Å². The second-order valence-electron chi connectivity index (χ2n) is 5.98. The van der Waals surface area contributed by atoms with E-state index in [1.807, 2.05) is 6.92 Å². The van der Waals surface area contributed by atoms with Gasteiger partial charge in [-0.2, -0.15) is 5.26 Å². The van der Waals surface area contributed by atoms with Crippen LogP contribution in [0.5, 0.6) is 5.75 Å². The summed E-state index contributed by atoms with van der Waals surface area (Å²) in [6.07, 6.45) is 0.0412. The first-order valence-corrected chi connectivity index (χ1v) is 8.95. The van der Waals surface area contributed by atoms with Crippen molar-refractivity contribution in [2.45, 2.75) is 20.0 Å². The van der Waals surface area contributed by atoms with Gasteiger partial charge in [0, 0.05) is 6.07 Å². The van der Waals surface area contributed by atoms with Gasteiger partial charge in [0.05, 0.1) is 11.5 Å². The van der Waals surface area contributed by atoms with E-state index in [1.54, 1.807) is 30.3 Å². The van der Waals surface area contributed by atoms with E-state index in [0.29, 0.717) is 17.9 Å². The minimum absolute atomic E-state index is 0.0270. The van der Waals surface area contributed by atoms with Crippen LogP contribution in [0.3, 0.4) is 0 Å². The fourth-order valence-electron chi connectivity index (χ4n) is 2.38. The molecule has 1 N–H and O–H groups in total. The number of amides is 1. The molecule has 0 aliphatic heterocycles. The van der Waals surface area contributed by atoms with Crippen molar-refractivity contribution in [1.82, 2.24) is 0 Å². The molecule has 0 bridgehead atoms. The lowest BCUT2D eigenvalue weighted by Crippen LogP contribution is -2.30. The van der Waals surface area contributed by atoms with Gasteiger partial charge < -0.3 is 14.8 Å². The molecule has 9 heteroatoms. The zero-order valence-electron chi connectivity index (χ0n) is 16.3. The van der Waals surface area contributed by atoms with Gasteiger partial charge in [-0.3, -0.25) is 14.9 Å². The first kappa shape index (κ1) is 22.1. The predicted molar refractivity (Wildman–Crippen MR) is 108 cm³/mol. The van der Waals surface area contributed by atoms with Crippen molar-refractivity contribution >= 4 is 29.3 Å². The highest BCUT2D eigenvalue weighted by Crippen LogP contribution is 2.23. The molecule has 1 atom stereocenters. The minimum Gasteiger partial charge on any atom is -0.494 e. The first-order chi connectivity index (χ1) is 14.3. The van der Waals surface area contributed by atoms with E-state index >= 15 is 0 Å². The number of nitrogens with one attached hydrogen (secondary N) is 1. The molecule has 30 heavy (non-hydrogen) atoms. The summed E-state index contributed by atoms with van der Waals surface area (Å²) in [6.45, 7) is 3.66. The lowest BCUT2D eigenvalue weighted by Gasteiger charge is -2.13. The predicted octanol–water partition coefficient (Wildman–Crippen LogP) is 3.47. The summed E-state index contributed by atoms with van der Waals surface area (Å²) >= 11 is 0. The number of esters is 1. The van der Waals surface area contributed by atoms with E-state index in [9.17, 15) is 25.0 Å². The topological polar surface area (TPSA) is 132 Å². The van der Waals surface area contributed by atoms with Gasteiger partial charge in [0.1, 0.15) is 23.1 Å². The minimum atomic E-state index is -1.28. The van der Waals surface area contributed by atoms with E-state index in [2.05, 4.69) is 5.32 Å². The first-order valence-electron chi connectivity index (χ1n) is 8.95. The Morgan fingerprint density at radius 3 is 2.50 bits per heavy atom. The van der Waals surface area contributed by atoms with Crippen LogP contribution in [0.25, 0.3) is 6.08 Å². The Kier molecular flexibility index (Phi) is 7.65. The van der Waals surface area contributed by atoms with E-state index in [4.69, 9.17) is 9.47 Å². The lowest BCUT2D eigenvalue weighted by molar-refractivity contribution is -0.383. The molecule has 0 saturated carbocycles. The molecule has 0 heterocycles. The third kappa shape index (κ3) is 5.90. The average Bonchev–Trinajstić information content (AvgIpc) is 2.73. The molecule has 154 valence electrons. The van der Waals surface area contributed by atoms with Gasteiger partial charge in [0.15, 0.2) is 6.10 Å². The molecule has 0 aromatic heterocycles. The number of hydrogen-bond donors (Lipinski definition) is 1. The Bertz CT molecular complexity index is 1010. The number of nitriles is 1. The van der Waals surface area contributed by atoms with Crippen LogP contribution in [0.1, 0.15) is 19.4 Å². The number of nitrogens with zero attached hydrogens (tertiary/aromatic N) is 2. The largest absolute Gasteiger partial charge is 0.494 e. The third-order valence-corrected chi connectivity index (χ3v) is 3.85. The van der Waals surface area contributed by atoms with Crippen LogP contribution in [-0.4, -0.2) is 29.5 Å². The van der Waals surface area contributed by atoms with Crippen LogP contribution >= 0.6 is 0 Å². The summed E-state index contributed by atoms with van der Waals surface area (Å²) < 4.78 is 10.4. The number of carbonyl (C=O) groups excluding carboxylic acids is 2. The number of carbonyl (C=O) groups is 2. The lowest BCUT2D eigenvalue weighted by atomic mass is 10.1. The summed E-state index contributed by atoms with van der Waals surface area (Å²) in [6, 6.07) is 14.0. The van der Waals surface area contributed by atoms with Crippen LogP contribution in [0, 0.1) is 21.4 Å². The van der Waals surface area contributed by atoms with Gasteiger partial charge in [0.2, 0.25) is 0 Å². The maximum atomic E-state index is 12.3. The highest BCUT2D eigenvalue weighted by Gasteiger charge is 2.23. The van der Waals surface area contributed by atoms with Gasteiger partial charge in [-0.1, -0.05) is 24.3 Å². The van der Waals surface area contributed by atoms with Crippen molar-refractivity contribution in [2.75, 3.05) is 11.9 Å². The van der Waals surface area contributed by atoms with Crippen LogP contribution in [0.4, 0.5) is 11.4 Å². The smallest absolute Gasteiger partial charge is 0.349 e. The van der Waals surface area contributed by atoms with Gasteiger partial charge in [-0.25, -0.2) is 4.79 Å². The summed E-state index contributed by atoms with van der Waals surface area (Å²) in [5.74, 6) is -1.11. The Morgan fingerprint density at radius 1 is 1.23 bits per heavy atom. The third-order valence-electron chi connectivity index (χ3n) is 3.85. The van der Waals surface area contributed by atoms with Crippen molar-refractivity contribution in [3.63, 3.8) is 0 Å². The van der Waals surface area contributed by atoms with Crippen molar-refractivity contribution in [2.24, 2.45) is 0 Å². The van der Waals surface area contributed by atoms with Crippen LogP contribution in [0.2, 0.25) is 0 Å². The maximum Gasteiger partial charge on any atom is 0.349 e. The SMILES string of the molecule is CCOc1ccc(/C=C(\C#N)C(=O)O[C@H](C)C(=O)Nc2ccccc2[N+](=O)[O-])cc1. The van der Waals surface area contributed by atoms with E-state index in [1.165, 1.54) is 37.3 Å². The van der Waals surface area contributed by atoms with Crippen LogP contribution in [-0.2, 0) is 14.3 Å². The number of rotatable bonds is 8. The quantitative estimate of drug-likeness (QED) is 0.232. The van der Waals surface area contributed by atoms with Gasteiger partial charge in [0.25, 0.3) is 11.6 Å². The monoisotopic (exact) mass is 409 g/mol. The van der Waals surface area contributed by atoms with Gasteiger partial charge >= 0.3 is 5.97 Å². The van der Waals surface area contributed by atoms with Crippen LogP contribution < -0.4 is 10.1 Å². The average molecular weight is 409 g/mol. The number of anilines is 1. The molecule has 2 rings (SSSR count). The molecule has 0 unspecified atom stereocenters. The van der Waals surface area contributed by atoms with E-state index in [-0.39, 0.29) is 16.9 Å². The second-order valence-corrected chi connectivity index (χ2v) is 5.98. The Morgan fingerprint density at radius 2 is 1.90 bits per heavy atom. The molecular formula is C21H19N3O6. The molecule has 0 saturated heterocycles. The fraction of sp³-hybridized carbons (Fsp3) is 0.190. The van der Waals surface area contributed by atoms with Crippen LogP contribution in [0.15, 0.2) is 54.1 Å². The van der Waals surface area contributed by atoms with Crippen molar-refractivity contribution in [3.8, 4) is 11.8 Å². The molecule has 1 amide bonds.